The molecule has 3 rings (SSSR count). The summed E-state index contributed by atoms with van der Waals surface area (Å²) in [6.07, 6.45) is 3.42. The van der Waals surface area contributed by atoms with Gasteiger partial charge in [-0.05, 0) is 40.6 Å². The van der Waals surface area contributed by atoms with Crippen molar-refractivity contribution >= 4 is 22.6 Å². The Labute approximate surface area is 147 Å². The molecule has 126 valence electrons. The lowest BCUT2D eigenvalue weighted by molar-refractivity contribution is 0.104. The number of carbonyl (C=O) groups excluding carboxylic acids is 1. The summed E-state index contributed by atoms with van der Waals surface area (Å²) in [6.45, 7) is 0.462. The van der Waals surface area contributed by atoms with Crippen molar-refractivity contribution in [1.29, 1.82) is 0 Å². The Morgan fingerprint density at radius 2 is 1.76 bits per heavy atom. The fourth-order valence-corrected chi connectivity index (χ4v) is 2.78. The SMILES string of the molecule is COCc1cc(/C=C/C(=O)c2ccc3ccccc3c2)ccc1OC. The van der Waals surface area contributed by atoms with Crippen LogP contribution in [0.25, 0.3) is 16.8 Å². The van der Waals surface area contributed by atoms with Crippen molar-refractivity contribution in [2.24, 2.45) is 0 Å². The molecule has 0 spiro atoms. The van der Waals surface area contributed by atoms with Gasteiger partial charge in [-0.25, -0.2) is 0 Å². The molecule has 3 aromatic rings. The summed E-state index contributed by atoms with van der Waals surface area (Å²) >= 11 is 0. The minimum atomic E-state index is -0.0186. The van der Waals surface area contributed by atoms with Crippen molar-refractivity contribution < 1.29 is 14.3 Å². The third-order valence-electron chi connectivity index (χ3n) is 4.07. The average molecular weight is 332 g/mol. The maximum atomic E-state index is 12.5. The lowest BCUT2D eigenvalue weighted by Crippen LogP contribution is -1.95. The number of hydrogen-bond donors (Lipinski definition) is 0. The molecule has 0 aliphatic heterocycles. The van der Waals surface area contributed by atoms with Crippen molar-refractivity contribution in [3.63, 3.8) is 0 Å². The molecule has 3 aromatic carbocycles. The summed E-state index contributed by atoms with van der Waals surface area (Å²) in [5.41, 5.74) is 2.56. The molecule has 0 unspecified atom stereocenters. The van der Waals surface area contributed by atoms with Crippen LogP contribution in [0.3, 0.4) is 0 Å². The van der Waals surface area contributed by atoms with E-state index in [0.29, 0.717) is 12.2 Å². The molecular weight excluding hydrogens is 312 g/mol. The molecule has 0 amide bonds. The first kappa shape index (κ1) is 16.9. The zero-order valence-electron chi connectivity index (χ0n) is 14.4. The van der Waals surface area contributed by atoms with Crippen LogP contribution in [0.5, 0.6) is 5.75 Å². The number of hydrogen-bond acceptors (Lipinski definition) is 3. The van der Waals surface area contributed by atoms with Gasteiger partial charge in [0.1, 0.15) is 5.75 Å². The molecule has 0 radical (unpaired) electrons. The second-order valence-corrected chi connectivity index (χ2v) is 5.76. The highest BCUT2D eigenvalue weighted by Crippen LogP contribution is 2.22. The average Bonchev–Trinajstić information content (AvgIpc) is 2.66. The first-order valence-electron chi connectivity index (χ1n) is 8.08. The van der Waals surface area contributed by atoms with Gasteiger partial charge in [-0.3, -0.25) is 4.79 Å². The predicted octanol–water partition coefficient (Wildman–Crippen LogP) is 4.89. The highest BCUT2D eigenvalue weighted by atomic mass is 16.5. The van der Waals surface area contributed by atoms with Crippen LogP contribution in [-0.2, 0) is 11.3 Å². The molecule has 0 atom stereocenters. The van der Waals surface area contributed by atoms with Crippen molar-refractivity contribution in [3.05, 3.63) is 83.4 Å². The van der Waals surface area contributed by atoms with Crippen molar-refractivity contribution in [2.75, 3.05) is 14.2 Å². The molecule has 0 saturated heterocycles. The zero-order valence-corrected chi connectivity index (χ0v) is 14.4. The summed E-state index contributed by atoms with van der Waals surface area (Å²) in [5.74, 6) is 0.759. The third-order valence-corrected chi connectivity index (χ3v) is 4.07. The Kier molecular flexibility index (Phi) is 5.26. The molecule has 0 fully saturated rings. The van der Waals surface area contributed by atoms with Gasteiger partial charge in [-0.15, -0.1) is 0 Å². The number of rotatable bonds is 6. The van der Waals surface area contributed by atoms with Crippen LogP contribution in [-0.4, -0.2) is 20.0 Å². The van der Waals surface area contributed by atoms with E-state index in [1.165, 1.54) is 0 Å². The van der Waals surface area contributed by atoms with E-state index in [4.69, 9.17) is 9.47 Å². The predicted molar refractivity (Wildman–Crippen MR) is 101 cm³/mol. The first-order valence-corrected chi connectivity index (χ1v) is 8.08. The van der Waals surface area contributed by atoms with E-state index in [-0.39, 0.29) is 5.78 Å². The molecule has 3 heteroatoms. The van der Waals surface area contributed by atoms with Crippen LogP contribution in [0, 0.1) is 0 Å². The van der Waals surface area contributed by atoms with E-state index >= 15 is 0 Å². The minimum Gasteiger partial charge on any atom is -0.496 e. The molecule has 0 N–H and O–H groups in total. The van der Waals surface area contributed by atoms with Gasteiger partial charge in [0.05, 0.1) is 13.7 Å². The Balaban J connectivity index is 1.82. The zero-order chi connectivity index (χ0) is 17.6. The summed E-state index contributed by atoms with van der Waals surface area (Å²) < 4.78 is 10.5. The first-order chi connectivity index (χ1) is 12.2. The van der Waals surface area contributed by atoms with Crippen molar-refractivity contribution in [3.8, 4) is 5.75 Å². The fraction of sp³-hybridized carbons (Fsp3) is 0.136. The largest absolute Gasteiger partial charge is 0.496 e. The highest BCUT2D eigenvalue weighted by Gasteiger charge is 2.05. The van der Waals surface area contributed by atoms with E-state index in [2.05, 4.69) is 0 Å². The maximum absolute atomic E-state index is 12.5. The van der Waals surface area contributed by atoms with E-state index in [0.717, 1.165) is 27.6 Å². The molecule has 0 saturated carbocycles. The minimum absolute atomic E-state index is 0.0186. The lowest BCUT2D eigenvalue weighted by atomic mass is 10.0. The molecule has 0 bridgehead atoms. The third kappa shape index (κ3) is 3.95. The van der Waals surface area contributed by atoms with Crippen LogP contribution in [0.4, 0.5) is 0 Å². The normalized spacial score (nSPS) is 11.1. The second-order valence-electron chi connectivity index (χ2n) is 5.76. The number of ether oxygens (including phenoxy) is 2. The van der Waals surface area contributed by atoms with E-state index < -0.39 is 0 Å². The Hall–Kier alpha value is -2.91. The molecule has 0 aromatic heterocycles. The number of fused-ring (bicyclic) bond motifs is 1. The number of allylic oxidation sites excluding steroid dienone is 1. The van der Waals surface area contributed by atoms with Crippen LogP contribution in [0.1, 0.15) is 21.5 Å². The smallest absolute Gasteiger partial charge is 0.185 e. The van der Waals surface area contributed by atoms with Gasteiger partial charge in [-0.2, -0.15) is 0 Å². The van der Waals surface area contributed by atoms with Crippen LogP contribution in [0.2, 0.25) is 0 Å². The lowest BCUT2D eigenvalue weighted by Gasteiger charge is -2.08. The summed E-state index contributed by atoms with van der Waals surface area (Å²) in [4.78, 5) is 12.5. The Morgan fingerprint density at radius 3 is 2.52 bits per heavy atom. The summed E-state index contributed by atoms with van der Waals surface area (Å²) in [5, 5.41) is 2.19. The molecular formula is C22H20O3. The molecule has 0 heterocycles. The number of methoxy groups -OCH3 is 2. The molecule has 0 aliphatic carbocycles. The van der Waals surface area contributed by atoms with Gasteiger partial charge >= 0.3 is 0 Å². The Morgan fingerprint density at radius 1 is 0.960 bits per heavy atom. The summed E-state index contributed by atoms with van der Waals surface area (Å²) in [7, 11) is 3.28. The van der Waals surface area contributed by atoms with Gasteiger partial charge in [-0.1, -0.05) is 48.5 Å². The standard InChI is InChI=1S/C22H20O3/c1-24-15-20-13-16(8-12-22(20)25-2)7-11-21(23)19-10-9-17-5-3-4-6-18(17)14-19/h3-14H,15H2,1-2H3/b11-7+. The number of ketones is 1. The Bertz CT molecular complexity index is 925. The maximum Gasteiger partial charge on any atom is 0.185 e. The van der Waals surface area contributed by atoms with Gasteiger partial charge in [0.25, 0.3) is 0 Å². The molecule has 25 heavy (non-hydrogen) atoms. The second kappa shape index (κ2) is 7.77. The monoisotopic (exact) mass is 332 g/mol. The van der Waals surface area contributed by atoms with Gasteiger partial charge in [0.15, 0.2) is 5.78 Å². The van der Waals surface area contributed by atoms with E-state index in [1.807, 2.05) is 66.7 Å². The van der Waals surface area contributed by atoms with Crippen molar-refractivity contribution in [1.82, 2.24) is 0 Å². The van der Waals surface area contributed by atoms with Crippen LogP contribution < -0.4 is 4.74 Å². The molecule has 0 aliphatic rings. The number of carbonyl (C=O) groups is 1. The van der Waals surface area contributed by atoms with Crippen molar-refractivity contribution in [2.45, 2.75) is 6.61 Å². The van der Waals surface area contributed by atoms with Gasteiger partial charge in [0.2, 0.25) is 0 Å². The van der Waals surface area contributed by atoms with E-state index in [1.54, 1.807) is 20.3 Å². The highest BCUT2D eigenvalue weighted by molar-refractivity contribution is 6.08. The fourth-order valence-electron chi connectivity index (χ4n) is 2.78. The van der Waals surface area contributed by atoms with Crippen LogP contribution >= 0.6 is 0 Å². The van der Waals surface area contributed by atoms with Gasteiger partial charge in [0, 0.05) is 18.2 Å². The quantitative estimate of drug-likeness (QED) is 0.476. The topological polar surface area (TPSA) is 35.5 Å². The molecule has 3 nitrogen and oxygen atoms in total. The van der Waals surface area contributed by atoms with E-state index in [9.17, 15) is 4.79 Å². The van der Waals surface area contributed by atoms with Crippen LogP contribution in [0.15, 0.2) is 66.7 Å². The number of benzene rings is 3. The summed E-state index contributed by atoms with van der Waals surface area (Å²) in [6, 6.07) is 19.5. The van der Waals surface area contributed by atoms with Gasteiger partial charge < -0.3 is 9.47 Å².